The number of nitrogens with one attached hydrogen (secondary N) is 2. The summed E-state index contributed by atoms with van der Waals surface area (Å²) in [6.07, 6.45) is 2.28. The van der Waals surface area contributed by atoms with Crippen LogP contribution in [0.1, 0.15) is 32.6 Å². The van der Waals surface area contributed by atoms with Crippen molar-refractivity contribution in [1.29, 1.82) is 0 Å². The molecule has 0 spiro atoms. The average molecular weight is 372 g/mol. The summed E-state index contributed by atoms with van der Waals surface area (Å²) in [5.74, 6) is -0.0758. The summed E-state index contributed by atoms with van der Waals surface area (Å²) in [4.78, 5) is 52.3. The molecule has 1 fully saturated rings. The van der Waals surface area contributed by atoms with Crippen molar-refractivity contribution >= 4 is 22.7 Å². The van der Waals surface area contributed by atoms with Gasteiger partial charge in [-0.15, -0.1) is 0 Å². The minimum atomic E-state index is -0.516. The molecule has 0 aliphatic carbocycles. The monoisotopic (exact) mass is 372 g/mol. The Labute approximate surface area is 156 Å². The number of likely N-dealkylation sites (tertiary alicyclic amines) is 1. The minimum absolute atomic E-state index is 0.0134. The molecule has 8 nitrogen and oxygen atoms in total. The lowest BCUT2D eigenvalue weighted by Crippen LogP contribution is -2.49. The molecule has 2 aromatic rings. The first kappa shape index (κ1) is 18.9. The van der Waals surface area contributed by atoms with Crippen LogP contribution in [0.3, 0.4) is 0 Å². The molecule has 27 heavy (non-hydrogen) atoms. The zero-order valence-electron chi connectivity index (χ0n) is 15.4. The Kier molecular flexibility index (Phi) is 5.73. The molecule has 2 N–H and O–H groups in total. The van der Waals surface area contributed by atoms with Crippen molar-refractivity contribution in [2.45, 2.75) is 45.2 Å². The number of carbonyl (C=O) groups is 2. The number of para-hydroxylation sites is 1. The number of carbonyl (C=O) groups excluding carboxylic acids is 2. The number of aromatic nitrogens is 2. The molecule has 3 rings (SSSR count). The fourth-order valence-corrected chi connectivity index (χ4v) is 3.48. The van der Waals surface area contributed by atoms with E-state index in [1.54, 1.807) is 36.1 Å². The Hall–Kier alpha value is -2.90. The third-order valence-electron chi connectivity index (χ3n) is 4.91. The van der Waals surface area contributed by atoms with E-state index < -0.39 is 11.2 Å². The summed E-state index contributed by atoms with van der Waals surface area (Å²) >= 11 is 0. The standard InChI is InChI=1S/C19H24N4O4/c1-2-16(24)20-13-6-5-10-22(12-13)17(25)9-11-23-15-8-4-3-7-14(15)18(26)21-19(23)27/h3-4,7-8,13H,2,5-6,9-12H2,1H3,(H,20,24)(H,21,26,27). The highest BCUT2D eigenvalue weighted by molar-refractivity contribution is 5.79. The number of aromatic amines is 1. The van der Waals surface area contributed by atoms with Gasteiger partial charge in [-0.25, -0.2) is 4.79 Å². The van der Waals surface area contributed by atoms with Gasteiger partial charge >= 0.3 is 5.69 Å². The summed E-state index contributed by atoms with van der Waals surface area (Å²) in [5.41, 5.74) is -0.423. The number of aryl methyl sites for hydroxylation is 1. The normalized spacial score (nSPS) is 17.1. The molecule has 0 radical (unpaired) electrons. The first-order valence-corrected chi connectivity index (χ1v) is 9.28. The summed E-state index contributed by atoms with van der Waals surface area (Å²) in [6, 6.07) is 6.82. The van der Waals surface area contributed by atoms with Crippen LogP contribution in [-0.4, -0.2) is 45.4 Å². The van der Waals surface area contributed by atoms with Gasteiger partial charge in [-0.3, -0.25) is 23.9 Å². The lowest BCUT2D eigenvalue weighted by Gasteiger charge is -2.33. The van der Waals surface area contributed by atoms with Gasteiger partial charge in [0, 0.05) is 38.5 Å². The second-order valence-electron chi connectivity index (χ2n) is 6.78. The van der Waals surface area contributed by atoms with E-state index in [4.69, 9.17) is 0 Å². The predicted octanol–water partition coefficient (Wildman–Crippen LogP) is 0.597. The van der Waals surface area contributed by atoms with Crippen LogP contribution in [0.15, 0.2) is 33.9 Å². The lowest BCUT2D eigenvalue weighted by atomic mass is 10.1. The Morgan fingerprint density at radius 2 is 2.04 bits per heavy atom. The van der Waals surface area contributed by atoms with E-state index in [-0.39, 0.29) is 30.8 Å². The summed E-state index contributed by atoms with van der Waals surface area (Å²) in [7, 11) is 0. The molecule has 1 atom stereocenters. The smallest absolute Gasteiger partial charge is 0.328 e. The molecule has 8 heteroatoms. The Balaban J connectivity index is 1.69. The maximum Gasteiger partial charge on any atom is 0.328 e. The topological polar surface area (TPSA) is 104 Å². The number of hydrogen-bond acceptors (Lipinski definition) is 4. The van der Waals surface area contributed by atoms with Gasteiger partial charge in [0.05, 0.1) is 10.9 Å². The second kappa shape index (κ2) is 8.20. The zero-order chi connectivity index (χ0) is 19.4. The Bertz CT molecular complexity index is 962. The molecule has 1 aromatic heterocycles. The molecule has 1 aliphatic rings. The van der Waals surface area contributed by atoms with E-state index in [1.165, 1.54) is 4.57 Å². The van der Waals surface area contributed by atoms with Crippen LogP contribution in [0.2, 0.25) is 0 Å². The third-order valence-corrected chi connectivity index (χ3v) is 4.91. The van der Waals surface area contributed by atoms with E-state index in [1.807, 2.05) is 0 Å². The van der Waals surface area contributed by atoms with Crippen molar-refractivity contribution in [2.75, 3.05) is 13.1 Å². The Morgan fingerprint density at radius 3 is 2.81 bits per heavy atom. The Morgan fingerprint density at radius 1 is 1.26 bits per heavy atom. The highest BCUT2D eigenvalue weighted by Crippen LogP contribution is 2.13. The van der Waals surface area contributed by atoms with Crippen molar-refractivity contribution in [3.63, 3.8) is 0 Å². The van der Waals surface area contributed by atoms with Crippen LogP contribution in [-0.2, 0) is 16.1 Å². The summed E-state index contributed by atoms with van der Waals surface area (Å²) in [6.45, 7) is 3.13. The highest BCUT2D eigenvalue weighted by Gasteiger charge is 2.24. The number of nitrogens with zero attached hydrogens (tertiary/aromatic N) is 2. The quantitative estimate of drug-likeness (QED) is 0.802. The number of benzene rings is 1. The minimum Gasteiger partial charge on any atom is -0.352 e. The van der Waals surface area contributed by atoms with Crippen molar-refractivity contribution in [3.8, 4) is 0 Å². The first-order chi connectivity index (χ1) is 13.0. The molecule has 1 aromatic carbocycles. The van der Waals surface area contributed by atoms with Crippen LogP contribution >= 0.6 is 0 Å². The molecular weight excluding hydrogens is 348 g/mol. The summed E-state index contributed by atoms with van der Waals surface area (Å²) in [5, 5.41) is 3.36. The largest absolute Gasteiger partial charge is 0.352 e. The van der Waals surface area contributed by atoms with Crippen LogP contribution in [0, 0.1) is 0 Å². The van der Waals surface area contributed by atoms with Gasteiger partial charge in [-0.2, -0.15) is 0 Å². The third kappa shape index (κ3) is 4.27. The predicted molar refractivity (Wildman–Crippen MR) is 101 cm³/mol. The van der Waals surface area contributed by atoms with Gasteiger partial charge in [0.1, 0.15) is 0 Å². The highest BCUT2D eigenvalue weighted by atomic mass is 16.2. The van der Waals surface area contributed by atoms with Gasteiger partial charge in [0.25, 0.3) is 5.56 Å². The van der Waals surface area contributed by atoms with E-state index in [9.17, 15) is 19.2 Å². The number of hydrogen-bond donors (Lipinski definition) is 2. The molecule has 1 unspecified atom stereocenters. The first-order valence-electron chi connectivity index (χ1n) is 9.28. The van der Waals surface area contributed by atoms with Gasteiger partial charge in [-0.1, -0.05) is 19.1 Å². The second-order valence-corrected chi connectivity index (χ2v) is 6.78. The van der Waals surface area contributed by atoms with Crippen molar-refractivity contribution in [1.82, 2.24) is 19.8 Å². The van der Waals surface area contributed by atoms with Gasteiger partial charge in [0.15, 0.2) is 0 Å². The lowest BCUT2D eigenvalue weighted by molar-refractivity contribution is -0.133. The number of rotatable bonds is 5. The van der Waals surface area contributed by atoms with Gasteiger partial charge < -0.3 is 10.2 Å². The SMILES string of the molecule is CCC(=O)NC1CCCN(C(=O)CCn2c(=O)[nH]c(=O)c3ccccc32)C1. The molecule has 0 bridgehead atoms. The van der Waals surface area contributed by atoms with E-state index >= 15 is 0 Å². The van der Waals surface area contributed by atoms with Crippen molar-refractivity contribution in [2.24, 2.45) is 0 Å². The van der Waals surface area contributed by atoms with E-state index in [2.05, 4.69) is 10.3 Å². The van der Waals surface area contributed by atoms with E-state index in [0.29, 0.717) is 30.4 Å². The van der Waals surface area contributed by atoms with Crippen LogP contribution < -0.4 is 16.6 Å². The number of H-pyrrole nitrogens is 1. The molecule has 2 heterocycles. The van der Waals surface area contributed by atoms with Crippen molar-refractivity contribution < 1.29 is 9.59 Å². The number of amides is 2. The van der Waals surface area contributed by atoms with Gasteiger partial charge in [-0.05, 0) is 25.0 Å². The van der Waals surface area contributed by atoms with Crippen LogP contribution in [0.4, 0.5) is 0 Å². The molecular formula is C19H24N4O4. The number of fused-ring (bicyclic) bond motifs is 1. The zero-order valence-corrected chi connectivity index (χ0v) is 15.4. The van der Waals surface area contributed by atoms with Gasteiger partial charge in [0.2, 0.25) is 11.8 Å². The molecule has 1 saturated heterocycles. The fourth-order valence-electron chi connectivity index (χ4n) is 3.48. The molecule has 2 amide bonds. The summed E-state index contributed by atoms with van der Waals surface area (Å²) < 4.78 is 1.43. The maximum absolute atomic E-state index is 12.6. The van der Waals surface area contributed by atoms with Crippen LogP contribution in [0.25, 0.3) is 10.9 Å². The number of piperidine rings is 1. The van der Waals surface area contributed by atoms with Crippen LogP contribution in [0.5, 0.6) is 0 Å². The van der Waals surface area contributed by atoms with E-state index in [0.717, 1.165) is 12.8 Å². The van der Waals surface area contributed by atoms with Crippen molar-refractivity contribution in [3.05, 3.63) is 45.1 Å². The fraction of sp³-hybridized carbons (Fsp3) is 0.474. The molecule has 144 valence electrons. The molecule has 1 aliphatic heterocycles. The average Bonchev–Trinajstić information content (AvgIpc) is 2.67. The molecule has 0 saturated carbocycles. The maximum atomic E-state index is 12.6.